The third-order valence-corrected chi connectivity index (χ3v) is 3.26. The molecule has 2 heterocycles. The van der Waals surface area contributed by atoms with E-state index < -0.39 is 0 Å². The third-order valence-electron chi connectivity index (χ3n) is 3.26. The second-order valence-electron chi connectivity index (χ2n) is 4.72. The number of pyridine rings is 1. The van der Waals surface area contributed by atoms with Gasteiger partial charge in [-0.25, -0.2) is 4.98 Å². The number of carbonyl (C=O) groups excluding carboxylic acids is 1. The van der Waals surface area contributed by atoms with E-state index >= 15 is 0 Å². The molecule has 2 aromatic rings. The van der Waals surface area contributed by atoms with Crippen molar-refractivity contribution in [2.45, 2.75) is 6.92 Å². The molecule has 0 aromatic carbocycles. The Morgan fingerprint density at radius 1 is 1.46 bits per heavy atom. The average Bonchev–Trinajstić information content (AvgIpc) is 2.98. The molecule has 24 heavy (non-hydrogen) atoms. The number of rotatable bonds is 4. The number of ether oxygens (including phenoxy) is 1. The predicted molar refractivity (Wildman–Crippen MR) is 90.2 cm³/mol. The first-order valence-electron chi connectivity index (χ1n) is 6.95. The highest BCUT2D eigenvalue weighted by atomic mass is 16.5. The normalized spacial score (nSPS) is 11.9. The molecule has 2 aromatic heterocycles. The van der Waals surface area contributed by atoms with Crippen LogP contribution in [0.5, 0.6) is 5.88 Å². The molecule has 0 fully saturated rings. The van der Waals surface area contributed by atoms with Gasteiger partial charge in [0.2, 0.25) is 11.8 Å². The zero-order valence-electron chi connectivity index (χ0n) is 13.5. The molecule has 0 atom stereocenters. The van der Waals surface area contributed by atoms with Crippen LogP contribution in [0.2, 0.25) is 0 Å². The largest absolute Gasteiger partial charge is 0.493 e. The van der Waals surface area contributed by atoms with Crippen molar-refractivity contribution in [3.63, 3.8) is 0 Å². The van der Waals surface area contributed by atoms with E-state index in [1.54, 1.807) is 19.2 Å². The SMILES string of the molecule is C#C/C(=C\C(=N/C)OC)c1cnn(-c2ccc(C(C)=O)cn2)c1O. The number of hydrogen-bond acceptors (Lipinski definition) is 6. The topological polar surface area (TPSA) is 89.6 Å². The van der Waals surface area contributed by atoms with Crippen LogP contribution in [-0.4, -0.2) is 45.7 Å². The van der Waals surface area contributed by atoms with Crippen molar-refractivity contribution in [3.05, 3.63) is 41.7 Å². The maximum absolute atomic E-state index is 11.3. The molecular formula is C17H16N4O3. The number of aromatic hydroxyl groups is 1. The van der Waals surface area contributed by atoms with Crippen LogP contribution in [0.25, 0.3) is 11.4 Å². The smallest absolute Gasteiger partial charge is 0.224 e. The molecule has 1 N–H and O–H groups in total. The van der Waals surface area contributed by atoms with E-state index in [-0.39, 0.29) is 11.7 Å². The first-order chi connectivity index (χ1) is 11.5. The van der Waals surface area contributed by atoms with E-state index in [1.807, 2.05) is 0 Å². The van der Waals surface area contributed by atoms with E-state index in [0.717, 1.165) is 0 Å². The summed E-state index contributed by atoms with van der Waals surface area (Å²) in [6.07, 6.45) is 9.86. The van der Waals surface area contributed by atoms with E-state index in [9.17, 15) is 9.90 Å². The molecule has 0 radical (unpaired) electrons. The second-order valence-corrected chi connectivity index (χ2v) is 4.72. The van der Waals surface area contributed by atoms with Crippen LogP contribution in [0, 0.1) is 12.3 Å². The fourth-order valence-corrected chi connectivity index (χ4v) is 1.95. The summed E-state index contributed by atoms with van der Waals surface area (Å²) in [5.74, 6) is 2.88. The quantitative estimate of drug-likeness (QED) is 0.401. The standard InChI is InChI=1S/C17H16N4O3/c1-5-12(8-16(18-3)24-4)14-10-20-21(17(14)23)15-7-6-13(9-19-15)11(2)22/h1,6-10,23H,2-4H3/b12-8+,18-16+. The minimum Gasteiger partial charge on any atom is -0.493 e. The Morgan fingerprint density at radius 3 is 2.71 bits per heavy atom. The van der Waals surface area contributed by atoms with E-state index in [4.69, 9.17) is 11.2 Å². The summed E-state index contributed by atoms with van der Waals surface area (Å²) in [6, 6.07) is 3.19. The monoisotopic (exact) mass is 324 g/mol. The van der Waals surface area contributed by atoms with Crippen LogP contribution in [0.15, 0.2) is 35.6 Å². The van der Waals surface area contributed by atoms with Gasteiger partial charge in [0.05, 0.1) is 18.9 Å². The van der Waals surface area contributed by atoms with Gasteiger partial charge in [0, 0.05) is 30.5 Å². The number of terminal acetylenes is 1. The van der Waals surface area contributed by atoms with E-state index in [1.165, 1.54) is 37.2 Å². The number of allylic oxidation sites excluding steroid dienone is 1. The zero-order chi connectivity index (χ0) is 17.7. The molecule has 0 saturated carbocycles. The van der Waals surface area contributed by atoms with Crippen molar-refractivity contribution in [1.82, 2.24) is 14.8 Å². The lowest BCUT2D eigenvalue weighted by Crippen LogP contribution is -2.01. The second kappa shape index (κ2) is 7.24. The number of methoxy groups -OCH3 is 1. The van der Waals surface area contributed by atoms with Crippen LogP contribution >= 0.6 is 0 Å². The van der Waals surface area contributed by atoms with Crippen LogP contribution in [0.1, 0.15) is 22.8 Å². The maximum atomic E-state index is 11.3. The lowest BCUT2D eigenvalue weighted by atomic mass is 10.1. The van der Waals surface area contributed by atoms with Gasteiger partial charge in [-0.15, -0.1) is 6.42 Å². The maximum Gasteiger partial charge on any atom is 0.224 e. The minimum absolute atomic E-state index is 0.0945. The molecule has 0 saturated heterocycles. The molecule has 0 amide bonds. The highest BCUT2D eigenvalue weighted by Gasteiger charge is 2.15. The molecule has 0 aliphatic rings. The Kier molecular flexibility index (Phi) is 5.12. The van der Waals surface area contributed by atoms with Gasteiger partial charge in [-0.1, -0.05) is 5.92 Å². The van der Waals surface area contributed by atoms with Gasteiger partial charge in [0.15, 0.2) is 11.6 Å². The Bertz CT molecular complexity index is 855. The zero-order valence-corrected chi connectivity index (χ0v) is 13.5. The molecule has 0 unspecified atom stereocenters. The van der Waals surface area contributed by atoms with Gasteiger partial charge < -0.3 is 9.84 Å². The average molecular weight is 324 g/mol. The lowest BCUT2D eigenvalue weighted by Gasteiger charge is -2.04. The molecule has 0 aliphatic carbocycles. The fourth-order valence-electron chi connectivity index (χ4n) is 1.95. The predicted octanol–water partition coefficient (Wildman–Crippen LogP) is 1.87. The van der Waals surface area contributed by atoms with E-state index in [2.05, 4.69) is 21.0 Å². The first kappa shape index (κ1) is 17.0. The van der Waals surface area contributed by atoms with Crippen molar-refractivity contribution >= 4 is 17.3 Å². The summed E-state index contributed by atoms with van der Waals surface area (Å²) in [7, 11) is 3.03. The number of nitrogens with zero attached hydrogens (tertiary/aromatic N) is 4. The fraction of sp³-hybridized carbons (Fsp3) is 0.176. The van der Waals surface area contributed by atoms with Crippen LogP contribution in [0.3, 0.4) is 0 Å². The van der Waals surface area contributed by atoms with Crippen molar-refractivity contribution in [2.24, 2.45) is 4.99 Å². The summed E-state index contributed by atoms with van der Waals surface area (Å²) >= 11 is 0. The third kappa shape index (κ3) is 3.33. The van der Waals surface area contributed by atoms with Crippen molar-refractivity contribution in [3.8, 4) is 24.0 Å². The summed E-state index contributed by atoms with van der Waals surface area (Å²) in [5, 5.41) is 14.5. The van der Waals surface area contributed by atoms with Gasteiger partial charge in [-0.3, -0.25) is 9.79 Å². The number of aromatic nitrogens is 3. The van der Waals surface area contributed by atoms with Gasteiger partial charge >= 0.3 is 0 Å². The van der Waals surface area contributed by atoms with Crippen molar-refractivity contribution in [2.75, 3.05) is 14.2 Å². The molecular weight excluding hydrogens is 308 g/mol. The van der Waals surface area contributed by atoms with Crippen LogP contribution < -0.4 is 0 Å². The molecule has 122 valence electrons. The van der Waals surface area contributed by atoms with Crippen LogP contribution in [-0.2, 0) is 4.74 Å². The Balaban J connectivity index is 2.44. The van der Waals surface area contributed by atoms with Gasteiger partial charge in [-0.05, 0) is 19.1 Å². The number of hydrogen-bond donors (Lipinski definition) is 1. The van der Waals surface area contributed by atoms with Gasteiger partial charge in [0.25, 0.3) is 0 Å². The van der Waals surface area contributed by atoms with Crippen molar-refractivity contribution in [1.29, 1.82) is 0 Å². The molecule has 7 heteroatoms. The molecule has 0 aliphatic heterocycles. The lowest BCUT2D eigenvalue weighted by molar-refractivity contribution is 0.101. The Labute approximate surface area is 139 Å². The Morgan fingerprint density at radius 2 is 2.21 bits per heavy atom. The number of carbonyl (C=O) groups is 1. The Hall–Kier alpha value is -3.40. The molecule has 0 bridgehead atoms. The highest BCUT2D eigenvalue weighted by Crippen LogP contribution is 2.26. The molecule has 7 nitrogen and oxygen atoms in total. The molecule has 0 spiro atoms. The highest BCUT2D eigenvalue weighted by molar-refractivity contribution is 5.99. The summed E-state index contributed by atoms with van der Waals surface area (Å²) in [6.45, 7) is 1.45. The first-order valence-corrected chi connectivity index (χ1v) is 6.95. The number of aliphatic imine (C=N–C) groups is 1. The minimum atomic E-state index is -0.172. The molecule has 2 rings (SSSR count). The van der Waals surface area contributed by atoms with Crippen molar-refractivity contribution < 1.29 is 14.6 Å². The summed E-state index contributed by atoms with van der Waals surface area (Å²) < 4.78 is 6.27. The van der Waals surface area contributed by atoms with E-state index in [0.29, 0.717) is 28.4 Å². The summed E-state index contributed by atoms with van der Waals surface area (Å²) in [5.41, 5.74) is 1.17. The number of Topliss-reactive ketones (excluding diaryl/α,β-unsaturated/α-hetero) is 1. The summed E-state index contributed by atoms with van der Waals surface area (Å²) in [4.78, 5) is 19.3. The van der Waals surface area contributed by atoms with Gasteiger partial charge in [0.1, 0.15) is 0 Å². The van der Waals surface area contributed by atoms with Crippen LogP contribution in [0.4, 0.5) is 0 Å². The van der Waals surface area contributed by atoms with Gasteiger partial charge in [-0.2, -0.15) is 9.78 Å². The number of ketones is 1.